The van der Waals surface area contributed by atoms with E-state index < -0.39 is 6.29 Å². The summed E-state index contributed by atoms with van der Waals surface area (Å²) in [5.74, 6) is 2.07. The number of hydrogen-bond donors (Lipinski definition) is 1. The summed E-state index contributed by atoms with van der Waals surface area (Å²) in [7, 11) is 0. The molecule has 16 heavy (non-hydrogen) atoms. The van der Waals surface area contributed by atoms with Crippen LogP contribution in [0.15, 0.2) is 12.3 Å². The van der Waals surface area contributed by atoms with Crippen LogP contribution in [0, 0.1) is 11.8 Å². The molecule has 0 amide bonds. The summed E-state index contributed by atoms with van der Waals surface area (Å²) >= 11 is 0. The number of hydrogen-bond acceptors (Lipinski definition) is 2. The predicted molar refractivity (Wildman–Crippen MR) is 66.9 cm³/mol. The van der Waals surface area contributed by atoms with Crippen LogP contribution in [0.2, 0.25) is 0 Å². The van der Waals surface area contributed by atoms with Crippen molar-refractivity contribution >= 4 is 0 Å². The number of rotatable bonds is 6. The maximum absolute atomic E-state index is 9.61. The zero-order valence-corrected chi connectivity index (χ0v) is 10.7. The van der Waals surface area contributed by atoms with Crippen molar-refractivity contribution < 1.29 is 9.84 Å². The van der Waals surface area contributed by atoms with Gasteiger partial charge in [0.25, 0.3) is 0 Å². The Hall–Kier alpha value is -0.500. The molecule has 1 aliphatic heterocycles. The van der Waals surface area contributed by atoms with Crippen molar-refractivity contribution in [3.63, 3.8) is 0 Å². The Bertz CT molecular complexity index is 213. The first-order valence-corrected chi connectivity index (χ1v) is 6.69. The summed E-state index contributed by atoms with van der Waals surface area (Å²) in [5.41, 5.74) is 0. The SMILES string of the molecule is C=C1C[C@H](C(CCC)CCCC)C[C@H](O)O1. The van der Waals surface area contributed by atoms with Crippen molar-refractivity contribution in [2.75, 3.05) is 0 Å². The van der Waals surface area contributed by atoms with E-state index >= 15 is 0 Å². The third-order valence-electron chi connectivity index (χ3n) is 3.55. The number of ether oxygens (including phenoxy) is 1. The average Bonchev–Trinajstić information content (AvgIpc) is 2.22. The number of aliphatic hydroxyl groups is 1. The van der Waals surface area contributed by atoms with Gasteiger partial charge in [-0.15, -0.1) is 0 Å². The molecule has 0 aromatic heterocycles. The Morgan fingerprint density at radius 1 is 1.38 bits per heavy atom. The van der Waals surface area contributed by atoms with E-state index in [1.54, 1.807) is 0 Å². The largest absolute Gasteiger partial charge is 0.470 e. The third-order valence-corrected chi connectivity index (χ3v) is 3.55. The maximum atomic E-state index is 9.61. The first kappa shape index (κ1) is 13.6. The van der Waals surface area contributed by atoms with E-state index in [1.807, 2.05) is 0 Å². The van der Waals surface area contributed by atoms with E-state index in [9.17, 15) is 5.11 Å². The van der Waals surface area contributed by atoms with E-state index in [4.69, 9.17) is 4.74 Å². The highest BCUT2D eigenvalue weighted by molar-refractivity contribution is 4.92. The lowest BCUT2D eigenvalue weighted by Gasteiger charge is -2.34. The molecular weight excluding hydrogens is 200 g/mol. The summed E-state index contributed by atoms with van der Waals surface area (Å²) in [4.78, 5) is 0. The van der Waals surface area contributed by atoms with E-state index in [2.05, 4.69) is 20.4 Å². The van der Waals surface area contributed by atoms with Crippen LogP contribution in [0.3, 0.4) is 0 Å². The molecule has 1 heterocycles. The van der Waals surface area contributed by atoms with Gasteiger partial charge in [-0.3, -0.25) is 0 Å². The van der Waals surface area contributed by atoms with Gasteiger partial charge in [-0.25, -0.2) is 0 Å². The lowest BCUT2D eigenvalue weighted by atomic mass is 9.79. The molecule has 0 aromatic rings. The normalized spacial score (nSPS) is 27.6. The van der Waals surface area contributed by atoms with Crippen LogP contribution >= 0.6 is 0 Å². The van der Waals surface area contributed by atoms with Gasteiger partial charge in [0.1, 0.15) is 0 Å². The van der Waals surface area contributed by atoms with Gasteiger partial charge < -0.3 is 9.84 Å². The van der Waals surface area contributed by atoms with Gasteiger partial charge in [0.15, 0.2) is 6.29 Å². The van der Waals surface area contributed by atoms with Gasteiger partial charge in [0.2, 0.25) is 0 Å². The Labute approximate surface area is 99.7 Å². The summed E-state index contributed by atoms with van der Waals surface area (Å²) < 4.78 is 5.21. The zero-order chi connectivity index (χ0) is 12.0. The summed E-state index contributed by atoms with van der Waals surface area (Å²) in [6.45, 7) is 8.33. The standard InChI is InChI=1S/C14H26O2/c1-4-6-8-12(7-5-2)13-9-11(3)16-14(15)10-13/h12-15H,3-10H2,1-2H3/t12?,13-,14+/m0/s1. The maximum Gasteiger partial charge on any atom is 0.197 e. The van der Waals surface area contributed by atoms with Crippen LogP contribution in [-0.2, 0) is 4.74 Å². The lowest BCUT2D eigenvalue weighted by molar-refractivity contribution is -0.111. The molecule has 0 aliphatic carbocycles. The van der Waals surface area contributed by atoms with Crippen LogP contribution in [0.1, 0.15) is 58.8 Å². The molecule has 94 valence electrons. The van der Waals surface area contributed by atoms with Crippen molar-refractivity contribution in [2.24, 2.45) is 11.8 Å². The van der Waals surface area contributed by atoms with Gasteiger partial charge in [0.05, 0.1) is 5.76 Å². The minimum absolute atomic E-state index is 0.572. The van der Waals surface area contributed by atoms with Gasteiger partial charge in [-0.2, -0.15) is 0 Å². The van der Waals surface area contributed by atoms with Gasteiger partial charge in [-0.1, -0.05) is 52.5 Å². The molecule has 1 rings (SSSR count). The Morgan fingerprint density at radius 3 is 2.69 bits per heavy atom. The molecule has 1 saturated heterocycles. The summed E-state index contributed by atoms with van der Waals surface area (Å²) in [5, 5.41) is 9.61. The highest BCUT2D eigenvalue weighted by atomic mass is 16.6. The van der Waals surface area contributed by atoms with Gasteiger partial charge in [-0.05, 0) is 11.8 Å². The van der Waals surface area contributed by atoms with E-state index in [0.29, 0.717) is 5.92 Å². The molecular formula is C14H26O2. The van der Waals surface area contributed by atoms with Crippen LogP contribution in [0.4, 0.5) is 0 Å². The second kappa shape index (κ2) is 6.95. The van der Waals surface area contributed by atoms with Crippen LogP contribution in [-0.4, -0.2) is 11.4 Å². The molecule has 0 aromatic carbocycles. The van der Waals surface area contributed by atoms with Crippen molar-refractivity contribution in [3.05, 3.63) is 12.3 Å². The third kappa shape index (κ3) is 4.17. The first-order chi connectivity index (χ1) is 7.67. The van der Waals surface area contributed by atoms with E-state index in [0.717, 1.165) is 24.5 Å². The topological polar surface area (TPSA) is 29.5 Å². The molecule has 0 radical (unpaired) electrons. The smallest absolute Gasteiger partial charge is 0.197 e. The molecule has 2 nitrogen and oxygen atoms in total. The molecule has 1 aliphatic rings. The minimum Gasteiger partial charge on any atom is -0.470 e. The highest BCUT2D eigenvalue weighted by Gasteiger charge is 2.29. The number of unbranched alkanes of at least 4 members (excludes halogenated alkanes) is 1. The van der Waals surface area contributed by atoms with Crippen molar-refractivity contribution in [3.8, 4) is 0 Å². The average molecular weight is 226 g/mol. The van der Waals surface area contributed by atoms with Crippen molar-refractivity contribution in [2.45, 2.75) is 65.1 Å². The predicted octanol–water partition coefficient (Wildman–Crippen LogP) is 3.85. The molecule has 2 heteroatoms. The second-order valence-electron chi connectivity index (χ2n) is 5.00. The second-order valence-corrected chi connectivity index (χ2v) is 5.00. The molecule has 3 atom stereocenters. The molecule has 0 spiro atoms. The zero-order valence-electron chi connectivity index (χ0n) is 10.7. The molecule has 0 saturated carbocycles. The highest BCUT2D eigenvalue weighted by Crippen LogP contribution is 2.35. The summed E-state index contributed by atoms with van der Waals surface area (Å²) in [6, 6.07) is 0. The fourth-order valence-corrected chi connectivity index (χ4v) is 2.74. The van der Waals surface area contributed by atoms with Crippen LogP contribution < -0.4 is 0 Å². The number of allylic oxidation sites excluding steroid dienone is 1. The quantitative estimate of drug-likeness (QED) is 0.745. The molecule has 1 N–H and O–H groups in total. The Kier molecular flexibility index (Phi) is 5.89. The van der Waals surface area contributed by atoms with E-state index in [1.165, 1.54) is 32.1 Å². The van der Waals surface area contributed by atoms with E-state index in [-0.39, 0.29) is 0 Å². The fraction of sp³-hybridized carbons (Fsp3) is 0.857. The Morgan fingerprint density at radius 2 is 2.12 bits per heavy atom. The van der Waals surface area contributed by atoms with Gasteiger partial charge >= 0.3 is 0 Å². The molecule has 0 bridgehead atoms. The van der Waals surface area contributed by atoms with Crippen molar-refractivity contribution in [1.82, 2.24) is 0 Å². The number of aliphatic hydroxyl groups excluding tert-OH is 1. The Balaban J connectivity index is 2.50. The molecule has 1 fully saturated rings. The monoisotopic (exact) mass is 226 g/mol. The lowest BCUT2D eigenvalue weighted by Crippen LogP contribution is -2.28. The fourth-order valence-electron chi connectivity index (χ4n) is 2.74. The van der Waals surface area contributed by atoms with Crippen LogP contribution in [0.5, 0.6) is 0 Å². The summed E-state index contributed by atoms with van der Waals surface area (Å²) in [6.07, 6.45) is 7.44. The van der Waals surface area contributed by atoms with Crippen LogP contribution in [0.25, 0.3) is 0 Å². The van der Waals surface area contributed by atoms with Crippen molar-refractivity contribution in [1.29, 1.82) is 0 Å². The minimum atomic E-state index is -0.618. The molecule has 1 unspecified atom stereocenters. The van der Waals surface area contributed by atoms with Gasteiger partial charge in [0, 0.05) is 12.8 Å². The first-order valence-electron chi connectivity index (χ1n) is 6.69.